The zero-order valence-electron chi connectivity index (χ0n) is 22.3. The van der Waals surface area contributed by atoms with Gasteiger partial charge in [0.25, 0.3) is 18.2 Å². The number of carbonyl (C=O) groups excluding carboxylic acids is 2. The van der Waals surface area contributed by atoms with Crippen molar-refractivity contribution in [3.8, 4) is 5.88 Å². The van der Waals surface area contributed by atoms with Gasteiger partial charge >= 0.3 is 12.3 Å². The van der Waals surface area contributed by atoms with Crippen LogP contribution in [-0.4, -0.2) is 45.9 Å². The average molecular weight is 601 g/mol. The summed E-state index contributed by atoms with van der Waals surface area (Å²) in [6, 6.07) is 8.30. The molecule has 2 aromatic rings. The first-order valence-electron chi connectivity index (χ1n) is 12.3. The molecule has 0 spiro atoms. The van der Waals surface area contributed by atoms with Crippen molar-refractivity contribution in [2.45, 2.75) is 57.1 Å². The molecule has 2 rings (SSSR count). The number of carboxylic acid groups (broad SMARTS) is 1. The van der Waals surface area contributed by atoms with E-state index in [4.69, 9.17) is 14.6 Å². The number of allylic oxidation sites excluding steroid dienone is 1. The van der Waals surface area contributed by atoms with Crippen molar-refractivity contribution in [2.75, 3.05) is 5.32 Å². The maximum Gasteiger partial charge on any atom is 0.426 e. The van der Waals surface area contributed by atoms with E-state index < -0.39 is 78.1 Å². The molecule has 0 aliphatic carbocycles. The van der Waals surface area contributed by atoms with E-state index in [0.29, 0.717) is 11.6 Å². The summed E-state index contributed by atoms with van der Waals surface area (Å²) in [7, 11) is 0. The molecule has 4 N–H and O–H groups in total. The molecule has 0 saturated carbocycles. The lowest BCUT2D eigenvalue weighted by molar-refractivity contribution is -0.273. The molecule has 0 unspecified atom stereocenters. The fraction of sp³-hybridized carbons (Fsp3) is 0.333. The highest BCUT2D eigenvalue weighted by molar-refractivity contribution is 6.02. The average Bonchev–Trinajstić information content (AvgIpc) is 2.91. The number of anilines is 1. The number of hydrogen-bond donors (Lipinski definition) is 4. The van der Waals surface area contributed by atoms with Crippen LogP contribution in [0.25, 0.3) is 0 Å². The molecule has 0 aliphatic heterocycles. The highest BCUT2D eigenvalue weighted by Gasteiger charge is 2.61. The lowest BCUT2D eigenvalue weighted by atomic mass is 9.95. The van der Waals surface area contributed by atoms with Gasteiger partial charge < -0.3 is 14.6 Å². The molecular formula is C27H29F5N4O6. The third kappa shape index (κ3) is 8.73. The second kappa shape index (κ2) is 14.9. The predicted octanol–water partition coefficient (Wildman–Crippen LogP) is 5.70. The number of rotatable bonds is 14. The summed E-state index contributed by atoms with van der Waals surface area (Å²) in [5.74, 6) is -4.00. The number of alkyl halides is 5. The van der Waals surface area contributed by atoms with Crippen molar-refractivity contribution in [2.24, 2.45) is 0 Å². The lowest BCUT2D eigenvalue weighted by Crippen LogP contribution is -2.61. The summed E-state index contributed by atoms with van der Waals surface area (Å²) < 4.78 is 81.0. The fourth-order valence-electron chi connectivity index (χ4n) is 3.58. The van der Waals surface area contributed by atoms with Crippen LogP contribution < -0.4 is 20.9 Å². The van der Waals surface area contributed by atoms with Crippen molar-refractivity contribution >= 4 is 23.6 Å². The van der Waals surface area contributed by atoms with Crippen LogP contribution in [0.2, 0.25) is 0 Å². The number of hydrazine groups is 1. The molecule has 0 aliphatic rings. The molecular weight excluding hydrogens is 571 g/mol. The summed E-state index contributed by atoms with van der Waals surface area (Å²) in [5.41, 5.74) is -2.26. The van der Waals surface area contributed by atoms with E-state index in [2.05, 4.69) is 18.1 Å². The van der Waals surface area contributed by atoms with Gasteiger partial charge in [-0.2, -0.15) is 13.2 Å². The number of benzene rings is 1. The van der Waals surface area contributed by atoms with Gasteiger partial charge in [-0.15, -0.1) is 13.2 Å². The Hall–Kier alpha value is -4.53. The first-order chi connectivity index (χ1) is 19.8. The molecule has 0 radical (unpaired) electrons. The van der Waals surface area contributed by atoms with Gasteiger partial charge in [0.2, 0.25) is 11.5 Å². The van der Waals surface area contributed by atoms with Crippen LogP contribution >= 0.6 is 0 Å². The number of carbonyl (C=O) groups is 3. The summed E-state index contributed by atoms with van der Waals surface area (Å²) in [6.07, 6.45) is -9.45. The Labute approximate surface area is 237 Å². The maximum absolute atomic E-state index is 14.3. The normalized spacial score (nSPS) is 13.4. The second-order valence-corrected chi connectivity index (χ2v) is 8.80. The number of ether oxygens (including phenoxy) is 2. The van der Waals surface area contributed by atoms with E-state index in [1.54, 1.807) is 34.4 Å². The molecule has 10 nitrogen and oxygen atoms in total. The van der Waals surface area contributed by atoms with Crippen molar-refractivity contribution in [1.82, 2.24) is 15.8 Å². The number of nitrogens with one attached hydrogen (secondary N) is 3. The van der Waals surface area contributed by atoms with Gasteiger partial charge in [0.05, 0.1) is 17.9 Å². The number of amides is 3. The molecule has 1 aromatic carbocycles. The van der Waals surface area contributed by atoms with Crippen molar-refractivity contribution < 1.29 is 50.9 Å². The summed E-state index contributed by atoms with van der Waals surface area (Å²) in [5, 5.41) is 10.8. The van der Waals surface area contributed by atoms with Crippen LogP contribution in [0.4, 0.5) is 32.4 Å². The quantitative estimate of drug-likeness (QED) is 0.124. The van der Waals surface area contributed by atoms with E-state index in [0.717, 1.165) is 6.08 Å². The Morgan fingerprint density at radius 3 is 2.31 bits per heavy atom. The molecule has 0 fully saturated rings. The second-order valence-electron chi connectivity index (χ2n) is 8.80. The van der Waals surface area contributed by atoms with Gasteiger partial charge in [0.1, 0.15) is 6.10 Å². The molecule has 2 atom stereocenters. The molecule has 3 amide bonds. The Bertz CT molecular complexity index is 1280. The Balaban J connectivity index is 2.43. The molecule has 228 valence electrons. The highest BCUT2D eigenvalue weighted by Crippen LogP contribution is 2.39. The first kappa shape index (κ1) is 33.7. The zero-order valence-corrected chi connectivity index (χ0v) is 22.3. The Kier molecular flexibility index (Phi) is 12.0. The minimum atomic E-state index is -5.27. The first-order valence-corrected chi connectivity index (χ1v) is 12.3. The number of hydrogen-bond acceptors (Lipinski definition) is 6. The van der Waals surface area contributed by atoms with Crippen LogP contribution in [0.5, 0.6) is 5.88 Å². The Morgan fingerprint density at radius 2 is 1.76 bits per heavy atom. The monoisotopic (exact) mass is 600 g/mol. The van der Waals surface area contributed by atoms with Crippen molar-refractivity contribution in [1.29, 1.82) is 0 Å². The van der Waals surface area contributed by atoms with E-state index in [1.165, 1.54) is 25.1 Å². The number of halogens is 5. The SMILES string of the molecule is C=CCC[C@@](OCc1ccccc1)(C(=O)NNC(=O)c1nc(O[C@H](C)CC=C)c(C(F)F)cc1NC(=O)O)C(F)(F)F. The molecule has 1 heterocycles. The van der Waals surface area contributed by atoms with Crippen LogP contribution in [0.3, 0.4) is 0 Å². The number of aromatic nitrogens is 1. The highest BCUT2D eigenvalue weighted by atomic mass is 19.4. The van der Waals surface area contributed by atoms with Crippen LogP contribution in [-0.2, 0) is 16.1 Å². The van der Waals surface area contributed by atoms with E-state index in [9.17, 15) is 36.3 Å². The minimum Gasteiger partial charge on any atom is -0.474 e. The molecule has 0 saturated heterocycles. The van der Waals surface area contributed by atoms with Gasteiger partial charge in [-0.25, -0.2) is 18.6 Å². The van der Waals surface area contributed by atoms with E-state index in [1.807, 2.05) is 0 Å². The van der Waals surface area contributed by atoms with Gasteiger partial charge in [-0.1, -0.05) is 42.5 Å². The van der Waals surface area contributed by atoms with E-state index >= 15 is 0 Å². The van der Waals surface area contributed by atoms with Crippen molar-refractivity contribution in [3.05, 3.63) is 78.5 Å². The zero-order chi connectivity index (χ0) is 31.5. The smallest absolute Gasteiger partial charge is 0.426 e. The predicted molar refractivity (Wildman–Crippen MR) is 141 cm³/mol. The third-order valence-corrected chi connectivity index (χ3v) is 5.66. The third-order valence-electron chi connectivity index (χ3n) is 5.66. The molecule has 15 heteroatoms. The molecule has 42 heavy (non-hydrogen) atoms. The summed E-state index contributed by atoms with van der Waals surface area (Å²) >= 11 is 0. The van der Waals surface area contributed by atoms with Gasteiger partial charge in [0, 0.05) is 6.42 Å². The van der Waals surface area contributed by atoms with Gasteiger partial charge in [-0.05, 0) is 31.4 Å². The van der Waals surface area contributed by atoms with E-state index in [-0.39, 0.29) is 12.8 Å². The minimum absolute atomic E-state index is 0.185. The largest absolute Gasteiger partial charge is 0.474 e. The van der Waals surface area contributed by atoms with Crippen LogP contribution in [0, 0.1) is 0 Å². The fourth-order valence-corrected chi connectivity index (χ4v) is 3.58. The van der Waals surface area contributed by atoms with Crippen molar-refractivity contribution in [3.63, 3.8) is 0 Å². The van der Waals surface area contributed by atoms with Crippen LogP contribution in [0.1, 0.15) is 54.2 Å². The van der Waals surface area contributed by atoms with Gasteiger partial charge in [-0.3, -0.25) is 25.8 Å². The Morgan fingerprint density at radius 1 is 1.10 bits per heavy atom. The summed E-state index contributed by atoms with van der Waals surface area (Å²) in [6.45, 7) is 7.73. The summed E-state index contributed by atoms with van der Waals surface area (Å²) in [4.78, 5) is 40.9. The topological polar surface area (TPSA) is 139 Å². The molecule has 0 bridgehead atoms. The number of pyridine rings is 1. The van der Waals surface area contributed by atoms with Gasteiger partial charge in [0.15, 0.2) is 5.69 Å². The van der Waals surface area contributed by atoms with Crippen LogP contribution in [0.15, 0.2) is 61.7 Å². The maximum atomic E-state index is 14.3. The lowest BCUT2D eigenvalue weighted by Gasteiger charge is -2.34. The number of nitrogens with zero attached hydrogens (tertiary/aromatic N) is 1. The standard InChI is InChI=1S/C27H29F5N4O6/c1-4-6-13-26(27(30,31)32,41-15-17-11-8-7-9-12-17)24(38)36-35-22(37)20-19(33-25(39)40)14-18(21(28)29)23(34-20)42-16(3)10-5-2/h4-5,7-9,11-12,14,16,21,33H,1-2,6,10,13,15H2,3H3,(H,35,37)(H,36,38)(H,39,40)/t16-,26-/m1/s1. The molecule has 1 aromatic heterocycles.